The maximum absolute atomic E-state index is 4.02. The van der Waals surface area contributed by atoms with Gasteiger partial charge in [-0.2, -0.15) is 0 Å². The van der Waals surface area contributed by atoms with Gasteiger partial charge in [0.1, 0.15) is 0 Å². The molecule has 0 bridgehead atoms. The van der Waals surface area contributed by atoms with Crippen LogP contribution < -0.4 is 0 Å². The summed E-state index contributed by atoms with van der Waals surface area (Å²) in [5.74, 6) is 0. The van der Waals surface area contributed by atoms with Crippen molar-refractivity contribution in [2.45, 2.75) is 19.4 Å². The van der Waals surface area contributed by atoms with Gasteiger partial charge in [-0.15, -0.1) is 0 Å². The molecule has 0 radical (unpaired) electrons. The number of rotatable bonds is 1. The lowest BCUT2D eigenvalue weighted by atomic mass is 10.4. The summed E-state index contributed by atoms with van der Waals surface area (Å²) in [5.41, 5.74) is 0. The molecule has 1 unspecified atom stereocenters. The Morgan fingerprint density at radius 1 is 2.00 bits per heavy atom. The fourth-order valence-electron chi connectivity index (χ4n) is 0.333. The van der Waals surface area contributed by atoms with E-state index in [-0.39, 0.29) is 0 Å². The first-order valence-electron chi connectivity index (χ1n) is 2.10. The maximum Gasteiger partial charge on any atom is 0.224 e. The fourth-order valence-corrected chi connectivity index (χ4v) is 0.333. The molecular weight excluding hydrogens is 64.0 g/mol. The predicted molar refractivity (Wildman–Crippen MR) is 21.2 cm³/mol. The van der Waals surface area contributed by atoms with Gasteiger partial charge >= 0.3 is 0 Å². The van der Waals surface area contributed by atoms with E-state index in [9.17, 15) is 0 Å². The molecule has 0 saturated carbocycles. The second kappa shape index (κ2) is 0.977. The third kappa shape index (κ3) is 0.618. The minimum atomic E-state index is 0.759. The number of epoxide rings is 1. The molecule has 0 aromatic rings. The molecule has 1 atom stereocenters. The van der Waals surface area contributed by atoms with Gasteiger partial charge in [0.05, 0.1) is 0 Å². The highest BCUT2D eigenvalue weighted by Gasteiger charge is 2.27. The zero-order valence-corrected chi connectivity index (χ0v) is 3.44. The van der Waals surface area contributed by atoms with E-state index in [0.29, 0.717) is 0 Å². The fraction of sp³-hybridized carbons (Fsp3) is 1.00. The molecule has 1 heteroatoms. The molecule has 1 aliphatic rings. The Hall–Kier alpha value is -0.0400. The van der Waals surface area contributed by atoms with Gasteiger partial charge in [-0.3, -0.25) is 0 Å². The van der Waals surface area contributed by atoms with Crippen molar-refractivity contribution in [3.05, 3.63) is 0 Å². The van der Waals surface area contributed by atoms with Crippen molar-refractivity contribution in [1.29, 1.82) is 0 Å². The third-order valence-electron chi connectivity index (χ3n) is 0.912. The molecule has 5 heavy (non-hydrogen) atoms. The van der Waals surface area contributed by atoms with Gasteiger partial charge in [0, 0.05) is 6.42 Å². The van der Waals surface area contributed by atoms with E-state index in [0.717, 1.165) is 12.7 Å². The standard InChI is InChI=1S/C4H8O/c1-2-4-3-5-4/h4H,2-3H2,1H3/p+1. The number of hydrogen-bond acceptors (Lipinski definition) is 0. The van der Waals surface area contributed by atoms with Crippen molar-refractivity contribution < 1.29 is 4.74 Å². The molecule has 1 heterocycles. The lowest BCUT2D eigenvalue weighted by Gasteiger charge is -1.62. The molecule has 1 N–H and O–H groups in total. The Kier molecular flexibility index (Phi) is 0.618. The van der Waals surface area contributed by atoms with Crippen LogP contribution in [0.1, 0.15) is 13.3 Å². The highest BCUT2D eigenvalue weighted by atomic mass is 16.6. The lowest BCUT2D eigenvalue weighted by molar-refractivity contribution is 0.201. The van der Waals surface area contributed by atoms with E-state index >= 15 is 0 Å². The molecule has 0 aliphatic carbocycles. The van der Waals surface area contributed by atoms with Gasteiger partial charge in [-0.1, -0.05) is 6.92 Å². The Bertz CT molecular complexity index is 30.6. The largest absolute Gasteiger partial charge is 0.420 e. The predicted octanol–water partition coefficient (Wildman–Crippen LogP) is 0.307. The number of ether oxygens (including phenoxy) is 1. The SMILES string of the molecule is CCC1C[OH+]1. The molecule has 0 spiro atoms. The monoisotopic (exact) mass is 73.1 g/mol. The Balaban J connectivity index is 2.00. The first-order valence-corrected chi connectivity index (χ1v) is 2.10. The van der Waals surface area contributed by atoms with Crippen LogP contribution in [0.2, 0.25) is 0 Å². The molecular formula is C4H9O+. The van der Waals surface area contributed by atoms with Crippen LogP contribution in [0, 0.1) is 0 Å². The van der Waals surface area contributed by atoms with Crippen LogP contribution in [-0.2, 0) is 0 Å². The van der Waals surface area contributed by atoms with Gasteiger partial charge in [0.25, 0.3) is 0 Å². The summed E-state index contributed by atoms with van der Waals surface area (Å²) in [4.78, 5) is 0. The van der Waals surface area contributed by atoms with E-state index in [1.54, 1.807) is 0 Å². The van der Waals surface area contributed by atoms with E-state index in [1.165, 1.54) is 6.42 Å². The van der Waals surface area contributed by atoms with E-state index in [1.807, 2.05) is 0 Å². The molecule has 1 nitrogen and oxygen atoms in total. The minimum absolute atomic E-state index is 0.759. The summed E-state index contributed by atoms with van der Waals surface area (Å²) in [6.07, 6.45) is 2.01. The van der Waals surface area contributed by atoms with Gasteiger partial charge in [0.2, 0.25) is 12.7 Å². The zero-order valence-electron chi connectivity index (χ0n) is 3.44. The van der Waals surface area contributed by atoms with Gasteiger partial charge in [-0.05, 0) is 0 Å². The highest BCUT2D eigenvalue weighted by molar-refractivity contribution is 4.61. The minimum Gasteiger partial charge on any atom is -0.420 e. The zero-order chi connectivity index (χ0) is 3.70. The molecule has 0 aromatic carbocycles. The van der Waals surface area contributed by atoms with E-state index in [2.05, 4.69) is 11.7 Å². The highest BCUT2D eigenvalue weighted by Crippen LogP contribution is 2.06. The van der Waals surface area contributed by atoms with E-state index in [4.69, 9.17) is 0 Å². The van der Waals surface area contributed by atoms with Crippen molar-refractivity contribution in [2.24, 2.45) is 0 Å². The molecule has 0 amide bonds. The average molecular weight is 73.1 g/mol. The molecule has 0 aromatic heterocycles. The van der Waals surface area contributed by atoms with Gasteiger partial charge in [0.15, 0.2) is 0 Å². The topological polar surface area (TPSA) is 12.8 Å². The summed E-state index contributed by atoms with van der Waals surface area (Å²) in [6.45, 7) is 3.30. The average Bonchev–Trinajstić information content (AvgIpc) is 2.12. The summed E-state index contributed by atoms with van der Waals surface area (Å²) in [6, 6.07) is 0. The first-order chi connectivity index (χ1) is 2.43. The summed E-state index contributed by atoms with van der Waals surface area (Å²) >= 11 is 0. The van der Waals surface area contributed by atoms with Crippen LogP contribution in [-0.4, -0.2) is 17.4 Å². The smallest absolute Gasteiger partial charge is 0.224 e. The summed E-state index contributed by atoms with van der Waals surface area (Å²) in [5, 5.41) is 0. The molecule has 1 fully saturated rings. The summed E-state index contributed by atoms with van der Waals surface area (Å²) < 4.78 is 4.02. The molecule has 30 valence electrons. The molecule has 1 aliphatic heterocycles. The van der Waals surface area contributed by atoms with Crippen molar-refractivity contribution in [1.82, 2.24) is 0 Å². The van der Waals surface area contributed by atoms with Crippen LogP contribution in [0.25, 0.3) is 0 Å². The van der Waals surface area contributed by atoms with Crippen LogP contribution in [0.3, 0.4) is 0 Å². The van der Waals surface area contributed by atoms with Crippen molar-refractivity contribution >= 4 is 0 Å². The molecule has 1 rings (SSSR count). The Morgan fingerprint density at radius 3 is 2.60 bits per heavy atom. The molecule has 1 saturated heterocycles. The number of aliphatic hydroxyl groups is 2. The second-order valence-electron chi connectivity index (χ2n) is 1.43. The van der Waals surface area contributed by atoms with Gasteiger partial charge in [-0.25, -0.2) is 0 Å². The third-order valence-corrected chi connectivity index (χ3v) is 0.912. The van der Waals surface area contributed by atoms with Crippen LogP contribution in [0.15, 0.2) is 0 Å². The maximum atomic E-state index is 4.02. The van der Waals surface area contributed by atoms with Crippen LogP contribution in [0.4, 0.5) is 0 Å². The summed E-state index contributed by atoms with van der Waals surface area (Å²) in [7, 11) is 0. The van der Waals surface area contributed by atoms with Crippen LogP contribution in [0.5, 0.6) is 0 Å². The lowest BCUT2D eigenvalue weighted by Crippen LogP contribution is -1.74. The first kappa shape index (κ1) is 3.16. The van der Waals surface area contributed by atoms with Crippen molar-refractivity contribution in [3.63, 3.8) is 0 Å². The second-order valence-corrected chi connectivity index (χ2v) is 1.43. The van der Waals surface area contributed by atoms with Gasteiger partial charge < -0.3 is 4.74 Å². The Labute approximate surface area is 31.9 Å². The number of hydrogen-bond donors (Lipinski definition) is 0. The Morgan fingerprint density at radius 2 is 2.60 bits per heavy atom. The van der Waals surface area contributed by atoms with Crippen molar-refractivity contribution in [2.75, 3.05) is 6.61 Å². The van der Waals surface area contributed by atoms with E-state index < -0.39 is 0 Å². The quantitative estimate of drug-likeness (QED) is 0.313. The van der Waals surface area contributed by atoms with Crippen molar-refractivity contribution in [3.8, 4) is 0 Å². The normalized spacial score (nSPS) is 34.2. The van der Waals surface area contributed by atoms with Crippen LogP contribution >= 0.6 is 0 Å².